The first-order valence-corrected chi connectivity index (χ1v) is 7.27. The molecule has 1 aromatic carbocycles. The molecule has 5 nitrogen and oxygen atoms in total. The van der Waals surface area contributed by atoms with E-state index >= 15 is 0 Å². The van der Waals surface area contributed by atoms with Crippen LogP contribution in [0.2, 0.25) is 0 Å². The Morgan fingerprint density at radius 2 is 2.10 bits per heavy atom. The summed E-state index contributed by atoms with van der Waals surface area (Å²) in [5.74, 6) is 2.15. The van der Waals surface area contributed by atoms with Gasteiger partial charge in [-0.15, -0.1) is 0 Å². The molecule has 1 aliphatic rings. The predicted molar refractivity (Wildman–Crippen MR) is 86.2 cm³/mol. The lowest BCUT2D eigenvalue weighted by Gasteiger charge is -2.20. The fraction of sp³-hybridized carbons (Fsp3) is 0.375. The summed E-state index contributed by atoms with van der Waals surface area (Å²) in [5, 5.41) is 0. The number of rotatable bonds is 4. The van der Waals surface area contributed by atoms with Crippen LogP contribution < -0.4 is 15.5 Å². The Morgan fingerprint density at radius 1 is 1.29 bits per heavy atom. The van der Waals surface area contributed by atoms with Crippen molar-refractivity contribution in [2.24, 2.45) is 5.73 Å². The minimum atomic E-state index is 0.476. The lowest BCUT2D eigenvalue weighted by molar-refractivity contribution is 0.667. The second-order valence-corrected chi connectivity index (χ2v) is 5.55. The number of para-hydroxylation sites is 1. The number of anilines is 3. The highest BCUT2D eigenvalue weighted by Gasteiger charge is 2.29. The summed E-state index contributed by atoms with van der Waals surface area (Å²) < 4.78 is 0. The first kappa shape index (κ1) is 13.8. The van der Waals surface area contributed by atoms with Crippen LogP contribution in [0.4, 0.5) is 17.5 Å². The Kier molecular flexibility index (Phi) is 3.75. The molecule has 1 atom stereocenters. The van der Waals surface area contributed by atoms with E-state index in [1.54, 1.807) is 0 Å². The van der Waals surface area contributed by atoms with Crippen LogP contribution in [-0.2, 0) is 0 Å². The zero-order valence-electron chi connectivity index (χ0n) is 12.5. The number of aromatic nitrogens is 2. The summed E-state index contributed by atoms with van der Waals surface area (Å²) in [5.41, 5.74) is 8.37. The van der Waals surface area contributed by atoms with Crippen molar-refractivity contribution in [1.29, 1.82) is 0 Å². The third-order valence-corrected chi connectivity index (χ3v) is 3.89. The molecule has 5 heteroatoms. The largest absolute Gasteiger partial charge is 0.347 e. The van der Waals surface area contributed by atoms with Crippen molar-refractivity contribution < 1.29 is 0 Å². The summed E-state index contributed by atoms with van der Waals surface area (Å²) in [6.45, 7) is 1.64. The monoisotopic (exact) mass is 283 g/mol. The van der Waals surface area contributed by atoms with Crippen LogP contribution in [-0.4, -0.2) is 37.2 Å². The van der Waals surface area contributed by atoms with Crippen molar-refractivity contribution in [1.82, 2.24) is 9.97 Å². The van der Waals surface area contributed by atoms with Crippen LogP contribution in [0.15, 0.2) is 36.5 Å². The predicted octanol–water partition coefficient (Wildman–Crippen LogP) is 2.13. The number of nitrogens with two attached hydrogens (primary N) is 1. The Hall–Kier alpha value is -2.14. The summed E-state index contributed by atoms with van der Waals surface area (Å²) in [6.07, 6.45) is 2.82. The number of fused-ring (bicyclic) bond motifs is 1. The van der Waals surface area contributed by atoms with Crippen LogP contribution in [0.5, 0.6) is 0 Å². The molecule has 0 amide bonds. The molecule has 0 saturated carbocycles. The molecule has 110 valence electrons. The maximum Gasteiger partial charge on any atom is 0.226 e. The van der Waals surface area contributed by atoms with Crippen LogP contribution in [0.3, 0.4) is 0 Å². The highest BCUT2D eigenvalue weighted by atomic mass is 15.3. The topological polar surface area (TPSA) is 58.3 Å². The van der Waals surface area contributed by atoms with Crippen molar-refractivity contribution in [3.05, 3.63) is 42.1 Å². The van der Waals surface area contributed by atoms with E-state index in [4.69, 9.17) is 5.73 Å². The molecule has 2 heterocycles. The number of hydrogen-bond acceptors (Lipinski definition) is 5. The van der Waals surface area contributed by atoms with E-state index in [0.717, 1.165) is 24.7 Å². The SMILES string of the molecule is CN(C)c1nccc(N2CC(CCN)c3ccccc32)n1. The second-order valence-electron chi connectivity index (χ2n) is 5.55. The van der Waals surface area contributed by atoms with Crippen molar-refractivity contribution in [2.45, 2.75) is 12.3 Å². The summed E-state index contributed by atoms with van der Waals surface area (Å²) in [7, 11) is 3.91. The lowest BCUT2D eigenvalue weighted by atomic mass is 9.98. The molecule has 0 bridgehead atoms. The van der Waals surface area contributed by atoms with Crippen LogP contribution in [0.25, 0.3) is 0 Å². The van der Waals surface area contributed by atoms with Gasteiger partial charge >= 0.3 is 0 Å². The van der Waals surface area contributed by atoms with Crippen LogP contribution in [0.1, 0.15) is 17.9 Å². The molecule has 2 aromatic rings. The molecule has 0 radical (unpaired) electrons. The van der Waals surface area contributed by atoms with Crippen molar-refractivity contribution in [2.75, 3.05) is 37.0 Å². The third kappa shape index (κ3) is 2.56. The molecule has 0 saturated heterocycles. The zero-order valence-corrected chi connectivity index (χ0v) is 12.5. The highest BCUT2D eigenvalue weighted by Crippen LogP contribution is 2.41. The molecule has 1 aromatic heterocycles. The van der Waals surface area contributed by atoms with Gasteiger partial charge in [0.05, 0.1) is 0 Å². The van der Waals surface area contributed by atoms with Gasteiger partial charge in [-0.2, -0.15) is 4.98 Å². The first-order valence-electron chi connectivity index (χ1n) is 7.27. The molecule has 0 aliphatic carbocycles. The normalized spacial score (nSPS) is 16.9. The Balaban J connectivity index is 1.98. The van der Waals surface area contributed by atoms with Gasteiger partial charge < -0.3 is 15.5 Å². The van der Waals surface area contributed by atoms with Crippen molar-refractivity contribution in [3.63, 3.8) is 0 Å². The Morgan fingerprint density at radius 3 is 2.86 bits per heavy atom. The minimum Gasteiger partial charge on any atom is -0.347 e. The van der Waals surface area contributed by atoms with Gasteiger partial charge in [-0.1, -0.05) is 18.2 Å². The molecule has 0 spiro atoms. The molecule has 21 heavy (non-hydrogen) atoms. The fourth-order valence-electron chi connectivity index (χ4n) is 2.87. The van der Waals surface area contributed by atoms with E-state index in [-0.39, 0.29) is 0 Å². The molecule has 2 N–H and O–H groups in total. The van der Waals surface area contributed by atoms with E-state index < -0.39 is 0 Å². The van der Waals surface area contributed by atoms with Gasteiger partial charge in [-0.25, -0.2) is 4.98 Å². The van der Waals surface area contributed by atoms with E-state index in [1.807, 2.05) is 31.3 Å². The Bertz CT molecular complexity index is 626. The number of benzene rings is 1. The van der Waals surface area contributed by atoms with E-state index in [1.165, 1.54) is 11.3 Å². The minimum absolute atomic E-state index is 0.476. The standard InChI is InChI=1S/C16H21N5/c1-20(2)16-18-10-8-15(19-16)21-11-12(7-9-17)13-5-3-4-6-14(13)21/h3-6,8,10,12H,7,9,11,17H2,1-2H3. The zero-order chi connectivity index (χ0) is 14.8. The summed E-state index contributed by atoms with van der Waals surface area (Å²) in [4.78, 5) is 13.1. The molecular weight excluding hydrogens is 262 g/mol. The third-order valence-electron chi connectivity index (χ3n) is 3.89. The first-order chi connectivity index (χ1) is 10.2. The van der Waals surface area contributed by atoms with Crippen LogP contribution >= 0.6 is 0 Å². The van der Waals surface area contributed by atoms with Gasteiger partial charge in [0.25, 0.3) is 0 Å². The number of hydrogen-bond donors (Lipinski definition) is 1. The molecule has 1 aliphatic heterocycles. The van der Waals surface area contributed by atoms with E-state index in [0.29, 0.717) is 12.5 Å². The molecule has 3 rings (SSSR count). The molecule has 0 fully saturated rings. The van der Waals surface area contributed by atoms with Crippen molar-refractivity contribution in [3.8, 4) is 0 Å². The van der Waals surface area contributed by atoms with Crippen LogP contribution in [0, 0.1) is 0 Å². The summed E-state index contributed by atoms with van der Waals surface area (Å²) >= 11 is 0. The average molecular weight is 283 g/mol. The van der Waals surface area contributed by atoms with Gasteiger partial charge in [-0.05, 0) is 30.7 Å². The molecular formula is C16H21N5. The quantitative estimate of drug-likeness (QED) is 0.931. The van der Waals surface area contributed by atoms with Gasteiger partial charge in [-0.3, -0.25) is 0 Å². The highest BCUT2D eigenvalue weighted by molar-refractivity contribution is 5.69. The van der Waals surface area contributed by atoms with Gasteiger partial charge in [0.1, 0.15) is 5.82 Å². The van der Waals surface area contributed by atoms with Crippen molar-refractivity contribution >= 4 is 17.5 Å². The average Bonchev–Trinajstić information content (AvgIpc) is 2.87. The maximum atomic E-state index is 5.76. The molecule has 1 unspecified atom stereocenters. The number of nitrogens with zero attached hydrogens (tertiary/aromatic N) is 4. The van der Waals surface area contributed by atoms with Gasteiger partial charge in [0.15, 0.2) is 0 Å². The van der Waals surface area contributed by atoms with Gasteiger partial charge in [0, 0.05) is 38.4 Å². The second kappa shape index (κ2) is 5.69. The summed E-state index contributed by atoms with van der Waals surface area (Å²) in [6, 6.07) is 10.5. The lowest BCUT2D eigenvalue weighted by Crippen LogP contribution is -2.20. The Labute approximate surface area is 125 Å². The van der Waals surface area contributed by atoms with E-state index in [9.17, 15) is 0 Å². The fourth-order valence-corrected chi connectivity index (χ4v) is 2.87. The smallest absolute Gasteiger partial charge is 0.226 e. The van der Waals surface area contributed by atoms with E-state index in [2.05, 4.69) is 39.1 Å². The van der Waals surface area contributed by atoms with Gasteiger partial charge in [0.2, 0.25) is 5.95 Å². The maximum absolute atomic E-state index is 5.76.